The topological polar surface area (TPSA) is 76.0 Å². The van der Waals surface area contributed by atoms with Gasteiger partial charge in [0.1, 0.15) is 5.69 Å². The molecule has 1 aliphatic rings. The van der Waals surface area contributed by atoms with Crippen molar-refractivity contribution < 1.29 is 9.59 Å². The molecule has 1 fully saturated rings. The predicted molar refractivity (Wildman–Crippen MR) is 133 cm³/mol. The molecule has 0 saturated heterocycles. The van der Waals surface area contributed by atoms with Gasteiger partial charge in [0.25, 0.3) is 5.91 Å². The van der Waals surface area contributed by atoms with Crippen LogP contribution in [0.3, 0.4) is 0 Å². The maximum absolute atomic E-state index is 13.3. The second kappa shape index (κ2) is 9.35. The molecule has 2 N–H and O–H groups in total. The van der Waals surface area contributed by atoms with Crippen LogP contribution in [-0.4, -0.2) is 21.6 Å². The lowest BCUT2D eigenvalue weighted by atomic mass is 10.0. The standard InChI is InChI=1S/C28H26N4O2/c1-19-8-5-6-13-24(19)26-25(18-32(31-26)23-11-3-2-4-12-23)28(34)29-17-20-9-7-10-22(16-20)30-27(33)21-14-15-21/h2-13,16,18,21H,14-15,17H2,1H3,(H,29,34)(H,30,33). The molecule has 0 unspecified atom stereocenters. The van der Waals surface area contributed by atoms with Crippen LogP contribution >= 0.6 is 0 Å². The minimum absolute atomic E-state index is 0.0670. The van der Waals surface area contributed by atoms with E-state index >= 15 is 0 Å². The Kier molecular flexibility index (Phi) is 5.95. The van der Waals surface area contributed by atoms with Crippen molar-refractivity contribution in [2.45, 2.75) is 26.3 Å². The molecule has 1 aliphatic carbocycles. The van der Waals surface area contributed by atoms with Gasteiger partial charge < -0.3 is 10.6 Å². The van der Waals surface area contributed by atoms with E-state index in [1.54, 1.807) is 10.9 Å². The van der Waals surface area contributed by atoms with Gasteiger partial charge in [-0.05, 0) is 55.2 Å². The normalized spacial score (nSPS) is 12.9. The van der Waals surface area contributed by atoms with Crippen molar-refractivity contribution >= 4 is 17.5 Å². The van der Waals surface area contributed by atoms with Gasteiger partial charge in [-0.1, -0.05) is 54.6 Å². The van der Waals surface area contributed by atoms with E-state index in [2.05, 4.69) is 10.6 Å². The number of benzene rings is 3. The number of anilines is 1. The molecular formula is C28H26N4O2. The summed E-state index contributed by atoms with van der Waals surface area (Å²) < 4.78 is 1.74. The molecule has 34 heavy (non-hydrogen) atoms. The summed E-state index contributed by atoms with van der Waals surface area (Å²) >= 11 is 0. The minimum atomic E-state index is -0.201. The number of carbonyl (C=O) groups excluding carboxylic acids is 2. The summed E-state index contributed by atoms with van der Waals surface area (Å²) in [6.07, 6.45) is 3.70. The van der Waals surface area contributed by atoms with Gasteiger partial charge in [-0.2, -0.15) is 5.10 Å². The fraction of sp³-hybridized carbons (Fsp3) is 0.179. The molecule has 6 heteroatoms. The quantitative estimate of drug-likeness (QED) is 0.410. The molecule has 6 nitrogen and oxygen atoms in total. The van der Waals surface area contributed by atoms with Gasteiger partial charge in [-0.25, -0.2) is 4.68 Å². The summed E-state index contributed by atoms with van der Waals surface area (Å²) in [5.41, 5.74) is 5.67. The highest BCUT2D eigenvalue weighted by atomic mass is 16.2. The first kappa shape index (κ1) is 21.6. The average Bonchev–Trinajstić information content (AvgIpc) is 3.62. The van der Waals surface area contributed by atoms with Gasteiger partial charge >= 0.3 is 0 Å². The van der Waals surface area contributed by atoms with Crippen LogP contribution in [0.15, 0.2) is 85.1 Å². The number of nitrogens with one attached hydrogen (secondary N) is 2. The molecule has 4 aromatic rings. The zero-order valence-corrected chi connectivity index (χ0v) is 19.0. The van der Waals surface area contributed by atoms with E-state index in [-0.39, 0.29) is 17.7 Å². The van der Waals surface area contributed by atoms with Gasteiger partial charge in [-0.3, -0.25) is 9.59 Å². The highest BCUT2D eigenvalue weighted by molar-refractivity contribution is 6.00. The first-order valence-corrected chi connectivity index (χ1v) is 11.5. The fourth-order valence-electron chi connectivity index (χ4n) is 3.92. The minimum Gasteiger partial charge on any atom is -0.348 e. The third-order valence-electron chi connectivity index (χ3n) is 5.98. The molecule has 1 aromatic heterocycles. The van der Waals surface area contributed by atoms with Crippen molar-refractivity contribution in [1.82, 2.24) is 15.1 Å². The lowest BCUT2D eigenvalue weighted by Crippen LogP contribution is -2.23. The number of nitrogens with zero attached hydrogens (tertiary/aromatic N) is 2. The Morgan fingerprint density at radius 1 is 0.971 bits per heavy atom. The molecule has 0 spiro atoms. The second-order valence-corrected chi connectivity index (χ2v) is 8.63. The van der Waals surface area contributed by atoms with Crippen molar-refractivity contribution in [2.75, 3.05) is 5.32 Å². The third-order valence-corrected chi connectivity index (χ3v) is 5.98. The second-order valence-electron chi connectivity index (χ2n) is 8.63. The highest BCUT2D eigenvalue weighted by Crippen LogP contribution is 2.30. The summed E-state index contributed by atoms with van der Waals surface area (Å²) in [4.78, 5) is 25.4. The number of aryl methyl sites for hydroxylation is 1. The van der Waals surface area contributed by atoms with Crippen LogP contribution in [0.1, 0.15) is 34.3 Å². The summed E-state index contributed by atoms with van der Waals surface area (Å²) in [6.45, 7) is 2.36. The van der Waals surface area contributed by atoms with E-state index in [1.807, 2.05) is 85.8 Å². The molecule has 0 bridgehead atoms. The Hall–Kier alpha value is -4.19. The van der Waals surface area contributed by atoms with Crippen molar-refractivity contribution in [3.8, 4) is 16.9 Å². The van der Waals surface area contributed by atoms with Crippen molar-refractivity contribution in [1.29, 1.82) is 0 Å². The molecule has 2 amide bonds. The van der Waals surface area contributed by atoms with Crippen molar-refractivity contribution in [3.05, 3.63) is 102 Å². The monoisotopic (exact) mass is 450 g/mol. The maximum Gasteiger partial charge on any atom is 0.255 e. The van der Waals surface area contributed by atoms with Crippen LogP contribution in [0.25, 0.3) is 16.9 Å². The van der Waals surface area contributed by atoms with Crippen LogP contribution in [-0.2, 0) is 11.3 Å². The Labute approximate surface area is 198 Å². The molecule has 0 radical (unpaired) electrons. The number of carbonyl (C=O) groups is 2. The van der Waals surface area contributed by atoms with E-state index in [0.29, 0.717) is 17.8 Å². The highest BCUT2D eigenvalue weighted by Gasteiger charge is 2.29. The molecule has 0 atom stereocenters. The van der Waals surface area contributed by atoms with E-state index in [4.69, 9.17) is 5.10 Å². The number of para-hydroxylation sites is 1. The Balaban J connectivity index is 1.38. The molecule has 1 saturated carbocycles. The fourth-order valence-corrected chi connectivity index (χ4v) is 3.92. The van der Waals surface area contributed by atoms with Crippen LogP contribution < -0.4 is 10.6 Å². The SMILES string of the molecule is Cc1ccccc1-c1nn(-c2ccccc2)cc1C(=O)NCc1cccc(NC(=O)C2CC2)c1. The van der Waals surface area contributed by atoms with Crippen molar-refractivity contribution in [2.24, 2.45) is 5.92 Å². The zero-order chi connectivity index (χ0) is 23.5. The Morgan fingerprint density at radius 3 is 2.50 bits per heavy atom. The van der Waals surface area contributed by atoms with E-state index in [0.717, 1.165) is 40.9 Å². The summed E-state index contributed by atoms with van der Waals surface area (Å²) in [6, 6.07) is 25.3. The number of aromatic nitrogens is 2. The van der Waals surface area contributed by atoms with Crippen LogP contribution in [0.2, 0.25) is 0 Å². The van der Waals surface area contributed by atoms with E-state index in [1.165, 1.54) is 0 Å². The van der Waals surface area contributed by atoms with Crippen LogP contribution in [0.5, 0.6) is 0 Å². The Morgan fingerprint density at radius 2 is 1.74 bits per heavy atom. The average molecular weight is 451 g/mol. The van der Waals surface area contributed by atoms with Crippen LogP contribution in [0, 0.1) is 12.8 Å². The lowest BCUT2D eigenvalue weighted by Gasteiger charge is -2.09. The number of hydrogen-bond acceptors (Lipinski definition) is 3. The van der Waals surface area contributed by atoms with Crippen molar-refractivity contribution in [3.63, 3.8) is 0 Å². The molecule has 5 rings (SSSR count). The predicted octanol–water partition coefficient (Wildman–Crippen LogP) is 5.13. The molecule has 1 heterocycles. The first-order chi connectivity index (χ1) is 16.6. The number of hydrogen-bond donors (Lipinski definition) is 2. The van der Waals surface area contributed by atoms with Crippen LogP contribution in [0.4, 0.5) is 5.69 Å². The molecule has 0 aliphatic heterocycles. The first-order valence-electron chi connectivity index (χ1n) is 11.5. The van der Waals surface area contributed by atoms with Gasteiger partial charge in [0, 0.05) is 29.9 Å². The summed E-state index contributed by atoms with van der Waals surface area (Å²) in [7, 11) is 0. The summed E-state index contributed by atoms with van der Waals surface area (Å²) in [5.74, 6) is 0.00890. The van der Waals surface area contributed by atoms with Gasteiger partial charge in [-0.15, -0.1) is 0 Å². The van der Waals surface area contributed by atoms with E-state index in [9.17, 15) is 9.59 Å². The number of amides is 2. The van der Waals surface area contributed by atoms with E-state index < -0.39 is 0 Å². The molecular weight excluding hydrogens is 424 g/mol. The maximum atomic E-state index is 13.3. The Bertz CT molecular complexity index is 1340. The molecule has 170 valence electrons. The number of rotatable bonds is 7. The third kappa shape index (κ3) is 4.76. The van der Waals surface area contributed by atoms with Gasteiger partial charge in [0.15, 0.2) is 0 Å². The zero-order valence-electron chi connectivity index (χ0n) is 19.0. The smallest absolute Gasteiger partial charge is 0.255 e. The van der Waals surface area contributed by atoms with Gasteiger partial charge in [0.05, 0.1) is 11.3 Å². The largest absolute Gasteiger partial charge is 0.348 e. The summed E-state index contributed by atoms with van der Waals surface area (Å²) in [5, 5.41) is 10.7. The molecule has 3 aromatic carbocycles. The van der Waals surface area contributed by atoms with Gasteiger partial charge in [0.2, 0.25) is 5.91 Å². The lowest BCUT2D eigenvalue weighted by molar-refractivity contribution is -0.117.